The lowest BCUT2D eigenvalue weighted by atomic mass is 9.93. The molecule has 4 heteroatoms. The van der Waals surface area contributed by atoms with Crippen LogP contribution in [-0.4, -0.2) is 18.9 Å². The summed E-state index contributed by atoms with van der Waals surface area (Å²) in [6, 6.07) is 56.3. The molecule has 0 saturated heterocycles. The van der Waals surface area contributed by atoms with Crippen molar-refractivity contribution < 1.29 is 0 Å². The summed E-state index contributed by atoms with van der Waals surface area (Å²) in [6.07, 6.45) is 0.931. The van der Waals surface area contributed by atoms with Crippen LogP contribution in [0.3, 0.4) is 0 Å². The van der Waals surface area contributed by atoms with E-state index in [0.717, 1.165) is 56.5 Å². The molecule has 0 amide bonds. The molecule has 1 aliphatic rings. The molecular formula is C45H28N4. The lowest BCUT2D eigenvalue weighted by molar-refractivity contribution is 0.953. The molecular weight excluding hydrogens is 597 g/mol. The fourth-order valence-corrected chi connectivity index (χ4v) is 8.36. The van der Waals surface area contributed by atoms with Crippen molar-refractivity contribution in [3.05, 3.63) is 169 Å². The lowest BCUT2D eigenvalue weighted by Gasteiger charge is -2.15. The van der Waals surface area contributed by atoms with Gasteiger partial charge in [-0.2, -0.15) is 9.97 Å². The molecule has 11 rings (SSSR count). The van der Waals surface area contributed by atoms with Gasteiger partial charge in [0.1, 0.15) is 5.82 Å². The molecule has 10 aromatic rings. The van der Waals surface area contributed by atoms with Crippen molar-refractivity contribution in [2.75, 3.05) is 0 Å². The molecule has 0 bridgehead atoms. The quantitative estimate of drug-likeness (QED) is 0.196. The van der Waals surface area contributed by atoms with Crippen LogP contribution in [0.15, 0.2) is 158 Å². The van der Waals surface area contributed by atoms with E-state index < -0.39 is 0 Å². The van der Waals surface area contributed by atoms with Crippen LogP contribution in [0.25, 0.3) is 88.7 Å². The SMILES string of the molecule is c1ccc(-c2nc(-n3c4ccccc4c4c5c(c6ccccc6c43)Cc3ccccc3-5)nc3c4ccccc4c(-c4ccccc4)n23)cc1. The Morgan fingerprint density at radius 1 is 0.490 bits per heavy atom. The summed E-state index contributed by atoms with van der Waals surface area (Å²) < 4.78 is 4.59. The van der Waals surface area contributed by atoms with Gasteiger partial charge < -0.3 is 0 Å². The van der Waals surface area contributed by atoms with E-state index in [4.69, 9.17) is 9.97 Å². The van der Waals surface area contributed by atoms with Gasteiger partial charge in [-0.3, -0.25) is 8.97 Å². The second kappa shape index (κ2) is 9.99. The van der Waals surface area contributed by atoms with Crippen molar-refractivity contribution in [2.24, 2.45) is 0 Å². The minimum absolute atomic E-state index is 0.664. The van der Waals surface area contributed by atoms with Crippen LogP contribution in [0, 0.1) is 0 Å². The molecule has 0 N–H and O–H groups in total. The van der Waals surface area contributed by atoms with Crippen LogP contribution >= 0.6 is 0 Å². The Kier molecular flexibility index (Phi) is 5.41. The Balaban J connectivity index is 1.35. The van der Waals surface area contributed by atoms with Crippen LogP contribution in [0.4, 0.5) is 0 Å². The highest BCUT2D eigenvalue weighted by Gasteiger charge is 2.29. The molecule has 0 fully saturated rings. The van der Waals surface area contributed by atoms with Crippen molar-refractivity contribution in [2.45, 2.75) is 6.42 Å². The van der Waals surface area contributed by atoms with Crippen LogP contribution in [0.1, 0.15) is 11.1 Å². The first-order valence-corrected chi connectivity index (χ1v) is 16.8. The third-order valence-corrected chi connectivity index (χ3v) is 10.3. The molecule has 0 spiro atoms. The number of hydrogen-bond acceptors (Lipinski definition) is 2. The van der Waals surface area contributed by atoms with E-state index in [0.29, 0.717) is 5.95 Å². The van der Waals surface area contributed by atoms with Crippen molar-refractivity contribution >= 4 is 49.0 Å². The highest BCUT2D eigenvalue weighted by Crippen LogP contribution is 2.49. The first-order chi connectivity index (χ1) is 24.3. The second-order valence-corrected chi connectivity index (χ2v) is 12.9. The van der Waals surface area contributed by atoms with E-state index >= 15 is 0 Å². The van der Waals surface area contributed by atoms with Crippen LogP contribution < -0.4 is 0 Å². The maximum Gasteiger partial charge on any atom is 0.238 e. The normalized spacial score (nSPS) is 12.4. The summed E-state index contributed by atoms with van der Waals surface area (Å²) in [5.74, 6) is 1.52. The van der Waals surface area contributed by atoms with Gasteiger partial charge in [-0.25, -0.2) is 0 Å². The number of para-hydroxylation sites is 1. The van der Waals surface area contributed by atoms with Gasteiger partial charge in [0.15, 0.2) is 5.65 Å². The van der Waals surface area contributed by atoms with E-state index in [2.05, 4.69) is 167 Å². The second-order valence-electron chi connectivity index (χ2n) is 12.9. The third kappa shape index (κ3) is 3.63. The molecule has 49 heavy (non-hydrogen) atoms. The molecule has 3 heterocycles. The molecule has 4 nitrogen and oxygen atoms in total. The molecule has 3 aromatic heterocycles. The predicted molar refractivity (Wildman–Crippen MR) is 201 cm³/mol. The molecule has 228 valence electrons. The molecule has 0 saturated carbocycles. The molecule has 0 aliphatic heterocycles. The first-order valence-electron chi connectivity index (χ1n) is 16.8. The van der Waals surface area contributed by atoms with Gasteiger partial charge in [0.2, 0.25) is 5.95 Å². The summed E-state index contributed by atoms with van der Waals surface area (Å²) in [6.45, 7) is 0. The fraction of sp³-hybridized carbons (Fsp3) is 0.0222. The Morgan fingerprint density at radius 2 is 1.10 bits per heavy atom. The summed E-state index contributed by atoms with van der Waals surface area (Å²) in [7, 11) is 0. The number of hydrogen-bond donors (Lipinski definition) is 0. The van der Waals surface area contributed by atoms with Gasteiger partial charge in [-0.05, 0) is 45.7 Å². The third-order valence-electron chi connectivity index (χ3n) is 10.3. The maximum atomic E-state index is 5.55. The zero-order valence-electron chi connectivity index (χ0n) is 26.5. The van der Waals surface area contributed by atoms with Crippen LogP contribution in [-0.2, 0) is 6.42 Å². The zero-order valence-corrected chi connectivity index (χ0v) is 26.5. The summed E-state index contributed by atoms with van der Waals surface area (Å²) in [4.78, 5) is 11.1. The largest absolute Gasteiger partial charge is 0.277 e. The zero-order chi connectivity index (χ0) is 32.1. The highest BCUT2D eigenvalue weighted by atomic mass is 15.2. The molecule has 7 aromatic carbocycles. The number of nitrogens with zero attached hydrogens (tertiary/aromatic N) is 4. The summed E-state index contributed by atoms with van der Waals surface area (Å²) in [5, 5.41) is 7.24. The van der Waals surface area contributed by atoms with Gasteiger partial charge in [-0.15, -0.1) is 0 Å². The number of fused-ring (bicyclic) bond motifs is 13. The summed E-state index contributed by atoms with van der Waals surface area (Å²) in [5.41, 5.74) is 11.8. The van der Waals surface area contributed by atoms with Crippen molar-refractivity contribution in [1.82, 2.24) is 18.9 Å². The van der Waals surface area contributed by atoms with Gasteiger partial charge >= 0.3 is 0 Å². The Labute approximate surface area is 282 Å². The topological polar surface area (TPSA) is 35.1 Å². The van der Waals surface area contributed by atoms with E-state index in [1.165, 1.54) is 43.8 Å². The van der Waals surface area contributed by atoms with Crippen molar-refractivity contribution in [3.63, 3.8) is 0 Å². The van der Waals surface area contributed by atoms with E-state index in [-0.39, 0.29) is 0 Å². The lowest BCUT2D eigenvalue weighted by Crippen LogP contribution is -2.08. The average molecular weight is 625 g/mol. The van der Waals surface area contributed by atoms with Crippen molar-refractivity contribution in [1.29, 1.82) is 0 Å². The number of rotatable bonds is 3. The van der Waals surface area contributed by atoms with E-state index in [1.54, 1.807) is 0 Å². The van der Waals surface area contributed by atoms with Crippen molar-refractivity contribution in [3.8, 4) is 39.7 Å². The molecule has 0 radical (unpaired) electrons. The smallest absolute Gasteiger partial charge is 0.238 e. The average Bonchev–Trinajstić information content (AvgIpc) is 3.84. The molecule has 0 atom stereocenters. The monoisotopic (exact) mass is 624 g/mol. The summed E-state index contributed by atoms with van der Waals surface area (Å²) >= 11 is 0. The van der Waals surface area contributed by atoms with Gasteiger partial charge in [0.25, 0.3) is 0 Å². The first kappa shape index (κ1) is 26.5. The Bertz CT molecular complexity index is 2950. The van der Waals surface area contributed by atoms with Crippen LogP contribution in [0.5, 0.6) is 0 Å². The maximum absolute atomic E-state index is 5.55. The standard InChI is InChI=1S/C45H28N4/c1-3-15-28(16-4-1)41-34-23-11-12-24-35(34)44-47-45(46-43(49(41)44)29-17-5-2-6-18-29)48-38-26-14-13-25-36(38)40-39-31-20-8-7-19-30(31)27-37(39)32-21-9-10-22-33(32)42(40)48/h1-26H,27H2. The molecule has 1 aliphatic carbocycles. The van der Waals surface area contributed by atoms with Crippen LogP contribution in [0.2, 0.25) is 0 Å². The predicted octanol–water partition coefficient (Wildman–Crippen LogP) is 11.0. The van der Waals surface area contributed by atoms with E-state index in [1.807, 2.05) is 0 Å². The fourth-order valence-electron chi connectivity index (χ4n) is 8.36. The van der Waals surface area contributed by atoms with Gasteiger partial charge in [-0.1, -0.05) is 152 Å². The number of benzene rings is 7. The minimum Gasteiger partial charge on any atom is -0.277 e. The molecule has 0 unspecified atom stereocenters. The Morgan fingerprint density at radius 3 is 1.90 bits per heavy atom. The minimum atomic E-state index is 0.664. The van der Waals surface area contributed by atoms with E-state index in [9.17, 15) is 0 Å². The van der Waals surface area contributed by atoms with Gasteiger partial charge in [0.05, 0.1) is 16.7 Å². The van der Waals surface area contributed by atoms with Gasteiger partial charge in [0, 0.05) is 32.5 Å². The highest BCUT2D eigenvalue weighted by molar-refractivity contribution is 6.26. The Hall–Kier alpha value is -6.52. The number of aromatic nitrogens is 4.